The highest BCUT2D eigenvalue weighted by molar-refractivity contribution is 9.10. The Morgan fingerprint density at radius 3 is 2.78 bits per heavy atom. The second-order valence-electron chi connectivity index (χ2n) is 4.23. The first kappa shape index (κ1) is 15.1. The van der Waals surface area contributed by atoms with Gasteiger partial charge in [0.05, 0.1) is 18.4 Å². The van der Waals surface area contributed by atoms with E-state index >= 15 is 0 Å². The molecule has 0 radical (unpaired) electrons. The van der Waals surface area contributed by atoms with Crippen LogP contribution in [0.15, 0.2) is 15.5 Å². The van der Waals surface area contributed by atoms with Gasteiger partial charge in [0.25, 0.3) is 5.56 Å². The summed E-state index contributed by atoms with van der Waals surface area (Å²) in [5, 5.41) is 10.3. The van der Waals surface area contributed by atoms with Crippen molar-refractivity contribution >= 4 is 21.6 Å². The van der Waals surface area contributed by atoms with E-state index in [1.54, 1.807) is 6.20 Å². The van der Waals surface area contributed by atoms with Crippen molar-refractivity contribution in [3.63, 3.8) is 0 Å². The van der Waals surface area contributed by atoms with E-state index in [2.05, 4.69) is 31.7 Å². The lowest BCUT2D eigenvalue weighted by Crippen LogP contribution is -2.29. The zero-order chi connectivity index (χ0) is 13.5. The Morgan fingerprint density at radius 1 is 1.44 bits per heavy atom. The third kappa shape index (κ3) is 4.40. The van der Waals surface area contributed by atoms with Crippen LogP contribution in [0.5, 0.6) is 0 Å². The SMILES string of the molecule is CNCCNc1cnn(CCN(C)C)c(=O)c1Br. The average Bonchev–Trinajstić information content (AvgIpc) is 2.33. The molecule has 2 N–H and O–H groups in total. The van der Waals surface area contributed by atoms with Gasteiger partial charge in [0.1, 0.15) is 4.47 Å². The molecule has 1 rings (SSSR count). The monoisotopic (exact) mass is 317 g/mol. The van der Waals surface area contributed by atoms with Crippen LogP contribution in [0.25, 0.3) is 0 Å². The summed E-state index contributed by atoms with van der Waals surface area (Å²) in [6.45, 7) is 2.95. The summed E-state index contributed by atoms with van der Waals surface area (Å²) in [6.07, 6.45) is 1.68. The molecule has 1 aromatic rings. The van der Waals surface area contributed by atoms with Crippen LogP contribution in [0.3, 0.4) is 0 Å². The van der Waals surface area contributed by atoms with Crippen LogP contribution in [0.1, 0.15) is 0 Å². The first-order valence-electron chi connectivity index (χ1n) is 5.85. The Bertz CT molecular complexity index is 432. The molecule has 0 spiro atoms. The van der Waals surface area contributed by atoms with Crippen molar-refractivity contribution in [2.75, 3.05) is 46.1 Å². The maximum Gasteiger partial charge on any atom is 0.283 e. The van der Waals surface area contributed by atoms with Gasteiger partial charge in [-0.25, -0.2) is 4.68 Å². The van der Waals surface area contributed by atoms with Crippen molar-refractivity contribution in [1.82, 2.24) is 20.0 Å². The highest BCUT2D eigenvalue weighted by Gasteiger charge is 2.08. The molecule has 1 heterocycles. The number of nitrogens with zero attached hydrogens (tertiary/aromatic N) is 3. The number of halogens is 1. The standard InChI is InChI=1S/C11H20BrN5O/c1-13-4-5-14-9-8-15-17(7-6-16(2)3)11(18)10(9)12/h8,13-14H,4-7H2,1-3H3. The van der Waals surface area contributed by atoms with Gasteiger partial charge in [-0.05, 0) is 37.1 Å². The number of likely N-dealkylation sites (N-methyl/N-ethyl adjacent to an activating group) is 2. The molecule has 7 heteroatoms. The summed E-state index contributed by atoms with van der Waals surface area (Å²) in [7, 11) is 5.82. The molecule has 0 aliphatic rings. The number of aromatic nitrogens is 2. The third-order valence-electron chi connectivity index (χ3n) is 2.43. The lowest BCUT2D eigenvalue weighted by molar-refractivity contribution is 0.367. The predicted molar refractivity (Wildman–Crippen MR) is 77.2 cm³/mol. The van der Waals surface area contributed by atoms with Crippen molar-refractivity contribution in [3.8, 4) is 0 Å². The smallest absolute Gasteiger partial charge is 0.283 e. The predicted octanol–water partition coefficient (Wildman–Crippen LogP) is 0.199. The van der Waals surface area contributed by atoms with Crippen LogP contribution in [0, 0.1) is 0 Å². The fourth-order valence-electron chi connectivity index (χ4n) is 1.36. The fraction of sp³-hybridized carbons (Fsp3) is 0.636. The first-order valence-corrected chi connectivity index (χ1v) is 6.64. The molecule has 0 atom stereocenters. The summed E-state index contributed by atoms with van der Waals surface area (Å²) < 4.78 is 2.00. The number of rotatable bonds is 7. The summed E-state index contributed by atoms with van der Waals surface area (Å²) >= 11 is 3.32. The molecule has 18 heavy (non-hydrogen) atoms. The van der Waals surface area contributed by atoms with Gasteiger partial charge in [-0.2, -0.15) is 5.10 Å². The number of anilines is 1. The Balaban J connectivity index is 2.75. The second-order valence-corrected chi connectivity index (χ2v) is 5.03. The highest BCUT2D eigenvalue weighted by atomic mass is 79.9. The van der Waals surface area contributed by atoms with Gasteiger partial charge >= 0.3 is 0 Å². The maximum absolute atomic E-state index is 12.0. The van der Waals surface area contributed by atoms with E-state index in [0.29, 0.717) is 11.0 Å². The van der Waals surface area contributed by atoms with Crippen LogP contribution in [0.4, 0.5) is 5.69 Å². The van der Waals surface area contributed by atoms with Gasteiger partial charge in [-0.1, -0.05) is 0 Å². The number of hydrogen-bond acceptors (Lipinski definition) is 5. The van der Waals surface area contributed by atoms with E-state index < -0.39 is 0 Å². The molecule has 0 fully saturated rings. The Kier molecular flexibility index (Phi) is 6.31. The lowest BCUT2D eigenvalue weighted by Gasteiger charge is -2.12. The Hall–Kier alpha value is -0.920. The van der Waals surface area contributed by atoms with Gasteiger partial charge in [-0.3, -0.25) is 4.79 Å². The molecule has 0 bridgehead atoms. The van der Waals surface area contributed by atoms with Crippen LogP contribution < -0.4 is 16.2 Å². The molecule has 0 aliphatic heterocycles. The van der Waals surface area contributed by atoms with E-state index in [4.69, 9.17) is 0 Å². The third-order valence-corrected chi connectivity index (χ3v) is 3.20. The van der Waals surface area contributed by atoms with Crippen molar-refractivity contribution in [2.45, 2.75) is 6.54 Å². The molecule has 0 amide bonds. The molecule has 0 unspecified atom stereocenters. The molecular weight excluding hydrogens is 298 g/mol. The molecule has 0 saturated carbocycles. The van der Waals surface area contributed by atoms with E-state index in [1.807, 2.05) is 26.0 Å². The summed E-state index contributed by atoms with van der Waals surface area (Å²) in [6, 6.07) is 0. The molecule has 1 aromatic heterocycles. The minimum absolute atomic E-state index is 0.105. The second kappa shape index (κ2) is 7.50. The molecule has 0 aliphatic carbocycles. The number of nitrogens with one attached hydrogen (secondary N) is 2. The van der Waals surface area contributed by atoms with Gasteiger partial charge in [-0.15, -0.1) is 0 Å². The van der Waals surface area contributed by atoms with E-state index in [1.165, 1.54) is 4.68 Å². The fourth-order valence-corrected chi connectivity index (χ4v) is 1.81. The number of hydrogen-bond donors (Lipinski definition) is 2. The van der Waals surface area contributed by atoms with Gasteiger partial charge < -0.3 is 15.5 Å². The van der Waals surface area contributed by atoms with E-state index in [-0.39, 0.29) is 5.56 Å². The van der Waals surface area contributed by atoms with E-state index in [0.717, 1.165) is 25.3 Å². The van der Waals surface area contributed by atoms with Crippen molar-refractivity contribution in [3.05, 3.63) is 21.0 Å². The Labute approximate surface area is 115 Å². The quantitative estimate of drug-likeness (QED) is 0.703. The molecule has 6 nitrogen and oxygen atoms in total. The van der Waals surface area contributed by atoms with Crippen LogP contribution in [0.2, 0.25) is 0 Å². The lowest BCUT2D eigenvalue weighted by atomic mass is 10.4. The van der Waals surface area contributed by atoms with Crippen molar-refractivity contribution in [1.29, 1.82) is 0 Å². The zero-order valence-electron chi connectivity index (χ0n) is 11.0. The van der Waals surface area contributed by atoms with Gasteiger partial charge in [0, 0.05) is 19.6 Å². The van der Waals surface area contributed by atoms with Crippen molar-refractivity contribution < 1.29 is 0 Å². The first-order chi connectivity index (χ1) is 8.56. The molecule has 0 saturated heterocycles. The summed E-state index contributed by atoms with van der Waals surface area (Å²) in [5.41, 5.74) is 0.627. The van der Waals surface area contributed by atoms with Crippen LogP contribution >= 0.6 is 15.9 Å². The van der Waals surface area contributed by atoms with Crippen LogP contribution in [-0.4, -0.2) is 55.5 Å². The zero-order valence-corrected chi connectivity index (χ0v) is 12.6. The minimum atomic E-state index is -0.105. The van der Waals surface area contributed by atoms with E-state index in [9.17, 15) is 4.79 Å². The maximum atomic E-state index is 12.0. The van der Waals surface area contributed by atoms with Crippen LogP contribution in [-0.2, 0) is 6.54 Å². The minimum Gasteiger partial charge on any atom is -0.381 e. The largest absolute Gasteiger partial charge is 0.381 e. The topological polar surface area (TPSA) is 62.2 Å². The summed E-state index contributed by atoms with van der Waals surface area (Å²) in [4.78, 5) is 14.0. The Morgan fingerprint density at radius 2 is 2.17 bits per heavy atom. The molecular formula is C11H20BrN5O. The molecule has 102 valence electrons. The summed E-state index contributed by atoms with van der Waals surface area (Å²) in [5.74, 6) is 0. The van der Waals surface area contributed by atoms with Crippen molar-refractivity contribution in [2.24, 2.45) is 0 Å². The highest BCUT2D eigenvalue weighted by Crippen LogP contribution is 2.15. The normalized spacial score (nSPS) is 10.9. The molecule has 0 aromatic carbocycles. The average molecular weight is 318 g/mol. The van der Waals surface area contributed by atoms with Gasteiger partial charge in [0.2, 0.25) is 0 Å². The van der Waals surface area contributed by atoms with Gasteiger partial charge in [0.15, 0.2) is 0 Å².